The molecule has 1 aromatic carbocycles. The lowest BCUT2D eigenvalue weighted by molar-refractivity contribution is 0.0952. The number of carbonyl (C=O) groups is 1. The molecule has 0 aliphatic rings. The van der Waals surface area contributed by atoms with Gasteiger partial charge in [0, 0.05) is 12.1 Å². The van der Waals surface area contributed by atoms with E-state index in [0.29, 0.717) is 17.7 Å². The standard InChI is InChI=1S/C12H17FN2O/c1-9-8-10(13)4-5-11(9)12(16)15-7-3-6-14-2/h4-5,8,14H,3,6-7H2,1-2H3,(H,15,16). The lowest BCUT2D eigenvalue weighted by Crippen LogP contribution is -2.27. The molecule has 0 spiro atoms. The molecule has 0 radical (unpaired) electrons. The first-order valence-electron chi connectivity index (χ1n) is 5.34. The molecule has 1 amide bonds. The van der Waals surface area contributed by atoms with E-state index in [4.69, 9.17) is 0 Å². The van der Waals surface area contributed by atoms with E-state index in [2.05, 4.69) is 10.6 Å². The van der Waals surface area contributed by atoms with Gasteiger partial charge in [0.05, 0.1) is 0 Å². The van der Waals surface area contributed by atoms with E-state index in [1.807, 2.05) is 7.05 Å². The molecule has 16 heavy (non-hydrogen) atoms. The molecule has 0 bridgehead atoms. The zero-order valence-electron chi connectivity index (χ0n) is 9.64. The van der Waals surface area contributed by atoms with Gasteiger partial charge in [0.2, 0.25) is 0 Å². The van der Waals surface area contributed by atoms with Crippen LogP contribution in [-0.2, 0) is 0 Å². The van der Waals surface area contributed by atoms with E-state index in [0.717, 1.165) is 13.0 Å². The summed E-state index contributed by atoms with van der Waals surface area (Å²) in [5.74, 6) is -0.460. The molecule has 0 atom stereocenters. The van der Waals surface area contributed by atoms with E-state index >= 15 is 0 Å². The maximum Gasteiger partial charge on any atom is 0.251 e. The van der Waals surface area contributed by atoms with Crippen molar-refractivity contribution >= 4 is 5.91 Å². The van der Waals surface area contributed by atoms with E-state index in [-0.39, 0.29) is 11.7 Å². The summed E-state index contributed by atoms with van der Waals surface area (Å²) in [4.78, 5) is 11.7. The van der Waals surface area contributed by atoms with Crippen LogP contribution in [0.5, 0.6) is 0 Å². The summed E-state index contributed by atoms with van der Waals surface area (Å²) in [6, 6.07) is 4.18. The summed E-state index contributed by atoms with van der Waals surface area (Å²) in [5.41, 5.74) is 1.19. The predicted molar refractivity (Wildman–Crippen MR) is 62.0 cm³/mol. The molecule has 0 aromatic heterocycles. The van der Waals surface area contributed by atoms with Gasteiger partial charge in [-0.15, -0.1) is 0 Å². The van der Waals surface area contributed by atoms with Gasteiger partial charge in [-0.3, -0.25) is 4.79 Å². The van der Waals surface area contributed by atoms with Crippen LogP contribution in [0, 0.1) is 12.7 Å². The fraction of sp³-hybridized carbons (Fsp3) is 0.417. The molecular weight excluding hydrogens is 207 g/mol. The van der Waals surface area contributed by atoms with Crippen LogP contribution in [0.1, 0.15) is 22.3 Å². The van der Waals surface area contributed by atoms with Gasteiger partial charge in [0.1, 0.15) is 5.82 Å². The molecule has 0 unspecified atom stereocenters. The molecular formula is C12H17FN2O. The Balaban J connectivity index is 2.53. The van der Waals surface area contributed by atoms with E-state index in [1.165, 1.54) is 18.2 Å². The molecule has 1 rings (SSSR count). The smallest absolute Gasteiger partial charge is 0.251 e. The maximum absolute atomic E-state index is 12.8. The first kappa shape index (κ1) is 12.6. The van der Waals surface area contributed by atoms with Crippen LogP contribution in [-0.4, -0.2) is 26.0 Å². The highest BCUT2D eigenvalue weighted by Gasteiger charge is 2.08. The lowest BCUT2D eigenvalue weighted by atomic mass is 10.1. The Morgan fingerprint density at radius 3 is 2.75 bits per heavy atom. The SMILES string of the molecule is CNCCCNC(=O)c1ccc(F)cc1C. The van der Waals surface area contributed by atoms with E-state index < -0.39 is 0 Å². The minimum absolute atomic E-state index is 0.145. The summed E-state index contributed by atoms with van der Waals surface area (Å²) in [7, 11) is 1.87. The van der Waals surface area contributed by atoms with Crippen LogP contribution >= 0.6 is 0 Å². The Labute approximate surface area is 95.0 Å². The number of amides is 1. The second kappa shape index (κ2) is 6.23. The van der Waals surface area contributed by atoms with Crippen LogP contribution in [0.15, 0.2) is 18.2 Å². The number of halogens is 1. The van der Waals surface area contributed by atoms with Gasteiger partial charge in [-0.05, 0) is 50.7 Å². The van der Waals surface area contributed by atoms with Crippen LogP contribution in [0.3, 0.4) is 0 Å². The Kier molecular flexibility index (Phi) is 4.92. The molecule has 1 aromatic rings. The summed E-state index contributed by atoms with van der Waals surface area (Å²) in [6.07, 6.45) is 0.877. The van der Waals surface area contributed by atoms with Crippen molar-refractivity contribution in [3.8, 4) is 0 Å². The molecule has 0 saturated carbocycles. The molecule has 4 heteroatoms. The first-order valence-corrected chi connectivity index (χ1v) is 5.34. The lowest BCUT2D eigenvalue weighted by Gasteiger charge is -2.07. The van der Waals surface area contributed by atoms with Crippen molar-refractivity contribution in [3.63, 3.8) is 0 Å². The van der Waals surface area contributed by atoms with E-state index in [1.54, 1.807) is 6.92 Å². The largest absolute Gasteiger partial charge is 0.352 e. The van der Waals surface area contributed by atoms with Gasteiger partial charge in [-0.2, -0.15) is 0 Å². The number of hydrogen-bond donors (Lipinski definition) is 2. The molecule has 0 aliphatic heterocycles. The average molecular weight is 224 g/mol. The number of benzene rings is 1. The molecule has 0 aliphatic carbocycles. The number of carbonyl (C=O) groups excluding carboxylic acids is 1. The normalized spacial score (nSPS) is 10.2. The summed E-state index contributed by atoms with van der Waals surface area (Å²) in [6.45, 7) is 3.21. The third-order valence-electron chi connectivity index (χ3n) is 2.32. The second-order valence-corrected chi connectivity index (χ2v) is 3.67. The second-order valence-electron chi connectivity index (χ2n) is 3.67. The molecule has 3 nitrogen and oxygen atoms in total. The van der Waals surface area contributed by atoms with Crippen LogP contribution in [0.25, 0.3) is 0 Å². The zero-order valence-corrected chi connectivity index (χ0v) is 9.64. The van der Waals surface area contributed by atoms with Crippen LogP contribution < -0.4 is 10.6 Å². The van der Waals surface area contributed by atoms with Crippen molar-refractivity contribution in [1.82, 2.24) is 10.6 Å². The Morgan fingerprint density at radius 2 is 2.12 bits per heavy atom. The van der Waals surface area contributed by atoms with Gasteiger partial charge in [-0.25, -0.2) is 4.39 Å². The summed E-state index contributed by atoms with van der Waals surface area (Å²) >= 11 is 0. The monoisotopic (exact) mass is 224 g/mol. The highest BCUT2D eigenvalue weighted by atomic mass is 19.1. The van der Waals surface area contributed by atoms with E-state index in [9.17, 15) is 9.18 Å². The minimum atomic E-state index is -0.316. The van der Waals surface area contributed by atoms with Crippen LogP contribution in [0.2, 0.25) is 0 Å². The Bertz CT molecular complexity index is 366. The van der Waals surface area contributed by atoms with Gasteiger partial charge in [0.15, 0.2) is 0 Å². The van der Waals surface area contributed by atoms with Gasteiger partial charge >= 0.3 is 0 Å². The van der Waals surface area contributed by atoms with Crippen molar-refractivity contribution in [2.75, 3.05) is 20.1 Å². The maximum atomic E-state index is 12.8. The van der Waals surface area contributed by atoms with Crippen molar-refractivity contribution < 1.29 is 9.18 Å². The number of hydrogen-bond acceptors (Lipinski definition) is 2. The van der Waals surface area contributed by atoms with Gasteiger partial charge in [0.25, 0.3) is 5.91 Å². The Hall–Kier alpha value is -1.42. The fourth-order valence-corrected chi connectivity index (χ4v) is 1.44. The number of rotatable bonds is 5. The molecule has 2 N–H and O–H groups in total. The third-order valence-corrected chi connectivity index (χ3v) is 2.32. The van der Waals surface area contributed by atoms with Crippen LogP contribution in [0.4, 0.5) is 4.39 Å². The topological polar surface area (TPSA) is 41.1 Å². The first-order chi connectivity index (χ1) is 7.65. The third kappa shape index (κ3) is 3.62. The zero-order chi connectivity index (χ0) is 12.0. The van der Waals surface area contributed by atoms with Gasteiger partial charge < -0.3 is 10.6 Å². The van der Waals surface area contributed by atoms with Crippen molar-refractivity contribution in [1.29, 1.82) is 0 Å². The fourth-order valence-electron chi connectivity index (χ4n) is 1.44. The highest BCUT2D eigenvalue weighted by Crippen LogP contribution is 2.09. The minimum Gasteiger partial charge on any atom is -0.352 e. The average Bonchev–Trinajstić information content (AvgIpc) is 2.24. The van der Waals surface area contributed by atoms with Crippen molar-refractivity contribution in [2.24, 2.45) is 0 Å². The number of aryl methyl sites for hydroxylation is 1. The highest BCUT2D eigenvalue weighted by molar-refractivity contribution is 5.95. The van der Waals surface area contributed by atoms with Crippen molar-refractivity contribution in [2.45, 2.75) is 13.3 Å². The molecule has 88 valence electrons. The molecule has 0 heterocycles. The van der Waals surface area contributed by atoms with Crippen molar-refractivity contribution in [3.05, 3.63) is 35.1 Å². The Morgan fingerprint density at radius 1 is 1.38 bits per heavy atom. The molecule has 0 saturated heterocycles. The summed E-state index contributed by atoms with van der Waals surface area (Å²) < 4.78 is 12.8. The summed E-state index contributed by atoms with van der Waals surface area (Å²) in [5, 5.41) is 5.79. The predicted octanol–water partition coefficient (Wildman–Crippen LogP) is 1.47. The quantitative estimate of drug-likeness (QED) is 0.744. The molecule has 0 fully saturated rings. The van der Waals surface area contributed by atoms with Gasteiger partial charge in [-0.1, -0.05) is 0 Å². The number of nitrogens with one attached hydrogen (secondary N) is 2.